The average molecular weight is 192 g/mol. The summed E-state index contributed by atoms with van der Waals surface area (Å²) in [4.78, 5) is 2.22. The lowest BCUT2D eigenvalue weighted by atomic mass is 10.3. The van der Waals surface area contributed by atoms with Crippen molar-refractivity contribution >= 4 is 12.4 Å². The van der Waals surface area contributed by atoms with E-state index >= 15 is 0 Å². The molecule has 0 aromatic carbocycles. The van der Waals surface area contributed by atoms with Gasteiger partial charge in [-0.15, -0.1) is 12.4 Å². The van der Waals surface area contributed by atoms with Gasteiger partial charge in [-0.05, 0) is 6.42 Å². The molecular weight excluding hydrogens is 174 g/mol. The van der Waals surface area contributed by atoms with Crippen LogP contribution < -0.4 is 0 Å². The molecule has 0 spiro atoms. The SMILES string of the molecule is CCC1N(C)C=CN1N(C)C.Cl. The monoisotopic (exact) mass is 191 g/mol. The van der Waals surface area contributed by atoms with Gasteiger partial charge < -0.3 is 4.90 Å². The largest absolute Gasteiger partial charge is 0.358 e. The van der Waals surface area contributed by atoms with Gasteiger partial charge in [0.05, 0.1) is 0 Å². The third-order valence-corrected chi connectivity index (χ3v) is 2.06. The van der Waals surface area contributed by atoms with E-state index in [9.17, 15) is 0 Å². The normalized spacial score (nSPS) is 21.9. The van der Waals surface area contributed by atoms with Crippen LogP contribution in [0.25, 0.3) is 0 Å². The molecule has 0 bridgehead atoms. The van der Waals surface area contributed by atoms with Gasteiger partial charge in [-0.25, -0.2) is 5.01 Å². The zero-order chi connectivity index (χ0) is 8.43. The molecule has 0 saturated carbocycles. The van der Waals surface area contributed by atoms with Crippen molar-refractivity contribution in [3.05, 3.63) is 12.4 Å². The number of nitrogens with zero attached hydrogens (tertiary/aromatic N) is 3. The minimum Gasteiger partial charge on any atom is -0.358 e. The van der Waals surface area contributed by atoms with Gasteiger partial charge in [0.1, 0.15) is 6.17 Å². The Kier molecular flexibility index (Phi) is 4.42. The molecule has 72 valence electrons. The highest BCUT2D eigenvalue weighted by Gasteiger charge is 2.22. The molecule has 12 heavy (non-hydrogen) atoms. The molecule has 0 saturated heterocycles. The number of hydrogen-bond acceptors (Lipinski definition) is 3. The zero-order valence-electron chi connectivity index (χ0n) is 8.19. The first-order valence-electron chi connectivity index (χ1n) is 4.02. The summed E-state index contributed by atoms with van der Waals surface area (Å²) in [5.74, 6) is 0. The maximum Gasteiger partial charge on any atom is 0.115 e. The fourth-order valence-corrected chi connectivity index (χ4v) is 1.43. The highest BCUT2D eigenvalue weighted by Crippen LogP contribution is 2.16. The van der Waals surface area contributed by atoms with Gasteiger partial charge in [0.25, 0.3) is 0 Å². The van der Waals surface area contributed by atoms with Gasteiger partial charge in [-0.3, -0.25) is 5.01 Å². The van der Waals surface area contributed by atoms with Crippen LogP contribution in [0.15, 0.2) is 12.4 Å². The van der Waals surface area contributed by atoms with Crippen molar-refractivity contribution in [2.45, 2.75) is 19.5 Å². The summed E-state index contributed by atoms with van der Waals surface area (Å²) in [5, 5.41) is 4.33. The Morgan fingerprint density at radius 3 is 2.25 bits per heavy atom. The van der Waals surface area contributed by atoms with Crippen molar-refractivity contribution < 1.29 is 0 Å². The van der Waals surface area contributed by atoms with Crippen LogP contribution >= 0.6 is 12.4 Å². The molecule has 0 aromatic heterocycles. The van der Waals surface area contributed by atoms with Gasteiger partial charge in [0.2, 0.25) is 0 Å². The van der Waals surface area contributed by atoms with Crippen molar-refractivity contribution in [2.75, 3.05) is 21.1 Å². The lowest BCUT2D eigenvalue weighted by Crippen LogP contribution is -2.43. The lowest BCUT2D eigenvalue weighted by molar-refractivity contribution is 0.00117. The molecule has 1 unspecified atom stereocenters. The van der Waals surface area contributed by atoms with Crippen LogP contribution in [0, 0.1) is 0 Å². The summed E-state index contributed by atoms with van der Waals surface area (Å²) in [6, 6.07) is 0. The van der Waals surface area contributed by atoms with Crippen molar-refractivity contribution in [1.82, 2.24) is 14.9 Å². The van der Waals surface area contributed by atoms with E-state index in [2.05, 4.69) is 55.4 Å². The quantitative estimate of drug-likeness (QED) is 0.653. The van der Waals surface area contributed by atoms with Gasteiger partial charge >= 0.3 is 0 Å². The molecule has 4 heteroatoms. The van der Waals surface area contributed by atoms with E-state index in [1.54, 1.807) is 0 Å². The van der Waals surface area contributed by atoms with E-state index in [0.29, 0.717) is 6.17 Å². The second-order valence-corrected chi connectivity index (χ2v) is 3.08. The average Bonchev–Trinajstić information content (AvgIpc) is 2.30. The zero-order valence-corrected chi connectivity index (χ0v) is 9.01. The van der Waals surface area contributed by atoms with E-state index in [1.165, 1.54) is 0 Å². The summed E-state index contributed by atoms with van der Waals surface area (Å²) in [6.45, 7) is 2.20. The Hall–Kier alpha value is -0.410. The summed E-state index contributed by atoms with van der Waals surface area (Å²) in [7, 11) is 6.23. The summed E-state index contributed by atoms with van der Waals surface area (Å²) in [6.07, 6.45) is 5.86. The topological polar surface area (TPSA) is 9.72 Å². The van der Waals surface area contributed by atoms with Crippen LogP contribution in [0.1, 0.15) is 13.3 Å². The first-order valence-corrected chi connectivity index (χ1v) is 4.02. The van der Waals surface area contributed by atoms with Crippen LogP contribution in [-0.2, 0) is 0 Å². The third-order valence-electron chi connectivity index (χ3n) is 2.06. The minimum atomic E-state index is 0. The first kappa shape index (κ1) is 11.6. The minimum absolute atomic E-state index is 0. The van der Waals surface area contributed by atoms with Crippen molar-refractivity contribution in [3.63, 3.8) is 0 Å². The van der Waals surface area contributed by atoms with E-state index in [4.69, 9.17) is 0 Å². The molecule has 1 rings (SSSR count). The number of rotatable bonds is 2. The molecule has 1 heterocycles. The van der Waals surface area contributed by atoms with Crippen LogP contribution in [0.3, 0.4) is 0 Å². The predicted octanol–water partition coefficient (Wildman–Crippen LogP) is 1.34. The van der Waals surface area contributed by atoms with Gasteiger partial charge in [0, 0.05) is 33.5 Å². The standard InChI is InChI=1S/C8H17N3.ClH/c1-5-8-10(4)6-7-11(8)9(2)3;/h6-8H,5H2,1-4H3;1H. The third kappa shape index (κ3) is 2.05. The molecular formula is C8H18ClN3. The van der Waals surface area contributed by atoms with Crippen LogP contribution in [0.4, 0.5) is 0 Å². The van der Waals surface area contributed by atoms with E-state index < -0.39 is 0 Å². The number of hydrogen-bond donors (Lipinski definition) is 0. The van der Waals surface area contributed by atoms with Crippen molar-refractivity contribution in [3.8, 4) is 0 Å². The Morgan fingerprint density at radius 1 is 1.33 bits per heavy atom. The summed E-state index contributed by atoms with van der Waals surface area (Å²) >= 11 is 0. The maximum absolute atomic E-state index is 2.22. The maximum atomic E-state index is 2.22. The van der Waals surface area contributed by atoms with Crippen LogP contribution in [0.2, 0.25) is 0 Å². The van der Waals surface area contributed by atoms with Gasteiger partial charge in [-0.2, -0.15) is 0 Å². The molecule has 0 aliphatic carbocycles. The van der Waals surface area contributed by atoms with Gasteiger partial charge in [0.15, 0.2) is 0 Å². The molecule has 0 aromatic rings. The molecule has 3 nitrogen and oxygen atoms in total. The van der Waals surface area contributed by atoms with Crippen LogP contribution in [0.5, 0.6) is 0 Å². The summed E-state index contributed by atoms with van der Waals surface area (Å²) in [5.41, 5.74) is 0. The highest BCUT2D eigenvalue weighted by molar-refractivity contribution is 5.85. The molecule has 0 radical (unpaired) electrons. The van der Waals surface area contributed by atoms with Crippen molar-refractivity contribution in [1.29, 1.82) is 0 Å². The van der Waals surface area contributed by atoms with E-state index in [0.717, 1.165) is 6.42 Å². The number of halogens is 1. The first-order chi connectivity index (χ1) is 5.16. The molecule has 0 amide bonds. The van der Waals surface area contributed by atoms with Gasteiger partial charge in [-0.1, -0.05) is 6.92 Å². The Balaban J connectivity index is 0.00000121. The Labute approximate surface area is 81.0 Å². The number of hydrazine groups is 1. The Morgan fingerprint density at radius 2 is 1.92 bits per heavy atom. The fraction of sp³-hybridized carbons (Fsp3) is 0.750. The van der Waals surface area contributed by atoms with E-state index in [-0.39, 0.29) is 12.4 Å². The Bertz CT molecular complexity index is 158. The lowest BCUT2D eigenvalue weighted by Gasteiger charge is -2.33. The molecule has 1 aliphatic rings. The predicted molar refractivity (Wildman–Crippen MR) is 53.8 cm³/mol. The molecule has 1 atom stereocenters. The molecule has 0 N–H and O–H groups in total. The second kappa shape index (κ2) is 4.58. The second-order valence-electron chi connectivity index (χ2n) is 3.08. The summed E-state index contributed by atoms with van der Waals surface area (Å²) < 4.78 is 0. The molecule has 0 fully saturated rings. The smallest absolute Gasteiger partial charge is 0.115 e. The van der Waals surface area contributed by atoms with E-state index in [1.807, 2.05) is 0 Å². The molecule has 1 aliphatic heterocycles. The van der Waals surface area contributed by atoms with Crippen LogP contribution in [-0.4, -0.2) is 42.2 Å². The fourth-order valence-electron chi connectivity index (χ4n) is 1.43. The van der Waals surface area contributed by atoms with Crippen molar-refractivity contribution in [2.24, 2.45) is 0 Å². The highest BCUT2D eigenvalue weighted by atomic mass is 35.5.